The molecule has 2 heterocycles. The van der Waals surface area contributed by atoms with Crippen molar-refractivity contribution in [2.45, 2.75) is 25.4 Å². The fraction of sp³-hybridized carbons (Fsp3) is 0.727. The van der Waals surface area contributed by atoms with Crippen LogP contribution < -0.4 is 5.32 Å². The van der Waals surface area contributed by atoms with Crippen LogP contribution in [0.15, 0.2) is 12.4 Å². The van der Waals surface area contributed by atoms with Crippen LogP contribution in [0.3, 0.4) is 0 Å². The summed E-state index contributed by atoms with van der Waals surface area (Å²) in [6, 6.07) is 0.893. The minimum Gasteiger partial charge on any atom is -0.383 e. The molecule has 1 aliphatic heterocycles. The van der Waals surface area contributed by atoms with E-state index in [-0.39, 0.29) is 0 Å². The van der Waals surface area contributed by atoms with Gasteiger partial charge in [0.1, 0.15) is 0 Å². The summed E-state index contributed by atoms with van der Waals surface area (Å²) in [6.07, 6.45) is 5.08. The average molecular weight is 241 g/mol. The van der Waals surface area contributed by atoms with Crippen LogP contribution >= 0.6 is 11.8 Å². The SMILES string of the molecule is COCC(C)n1ccnc1NC1CCSC1. The molecule has 4 nitrogen and oxygen atoms in total. The summed E-state index contributed by atoms with van der Waals surface area (Å²) in [7, 11) is 1.73. The van der Waals surface area contributed by atoms with Crippen LogP contribution in [0.1, 0.15) is 19.4 Å². The lowest BCUT2D eigenvalue weighted by Gasteiger charge is -2.18. The molecule has 2 rings (SSSR count). The van der Waals surface area contributed by atoms with Crippen molar-refractivity contribution in [2.75, 3.05) is 30.5 Å². The Kier molecular flexibility index (Phi) is 4.12. The smallest absolute Gasteiger partial charge is 0.203 e. The van der Waals surface area contributed by atoms with Crippen molar-refractivity contribution >= 4 is 17.7 Å². The van der Waals surface area contributed by atoms with E-state index in [4.69, 9.17) is 4.74 Å². The number of thioether (sulfide) groups is 1. The highest BCUT2D eigenvalue weighted by molar-refractivity contribution is 7.99. The maximum atomic E-state index is 5.17. The lowest BCUT2D eigenvalue weighted by molar-refractivity contribution is 0.163. The summed E-state index contributed by atoms with van der Waals surface area (Å²) in [6.45, 7) is 2.85. The van der Waals surface area contributed by atoms with Gasteiger partial charge in [-0.25, -0.2) is 4.98 Å². The Hall–Kier alpha value is -0.680. The van der Waals surface area contributed by atoms with Crippen LogP contribution in [0.5, 0.6) is 0 Å². The van der Waals surface area contributed by atoms with Crippen molar-refractivity contribution < 1.29 is 4.74 Å². The number of hydrogen-bond donors (Lipinski definition) is 1. The Morgan fingerprint density at radius 1 is 1.75 bits per heavy atom. The van der Waals surface area contributed by atoms with Gasteiger partial charge in [0, 0.05) is 31.3 Å². The Morgan fingerprint density at radius 3 is 3.31 bits per heavy atom. The van der Waals surface area contributed by atoms with E-state index in [9.17, 15) is 0 Å². The number of imidazole rings is 1. The van der Waals surface area contributed by atoms with Gasteiger partial charge in [0.05, 0.1) is 12.6 Å². The van der Waals surface area contributed by atoms with E-state index >= 15 is 0 Å². The first-order valence-corrected chi connectivity index (χ1v) is 6.82. The summed E-state index contributed by atoms with van der Waals surface area (Å²) < 4.78 is 7.32. The molecule has 90 valence electrons. The van der Waals surface area contributed by atoms with Gasteiger partial charge >= 0.3 is 0 Å². The highest BCUT2D eigenvalue weighted by atomic mass is 32.2. The van der Waals surface area contributed by atoms with E-state index in [2.05, 4.69) is 21.8 Å². The van der Waals surface area contributed by atoms with Gasteiger partial charge in [-0.05, 0) is 19.1 Å². The van der Waals surface area contributed by atoms with E-state index in [1.165, 1.54) is 17.9 Å². The number of methoxy groups -OCH3 is 1. The fourth-order valence-corrected chi connectivity index (χ4v) is 3.09. The molecule has 16 heavy (non-hydrogen) atoms. The van der Waals surface area contributed by atoms with E-state index in [1.54, 1.807) is 7.11 Å². The van der Waals surface area contributed by atoms with Crippen molar-refractivity contribution in [1.29, 1.82) is 0 Å². The number of nitrogens with one attached hydrogen (secondary N) is 1. The number of aromatic nitrogens is 2. The van der Waals surface area contributed by atoms with Crippen LogP contribution in [-0.2, 0) is 4.74 Å². The zero-order chi connectivity index (χ0) is 11.4. The zero-order valence-corrected chi connectivity index (χ0v) is 10.7. The maximum Gasteiger partial charge on any atom is 0.203 e. The summed E-state index contributed by atoms with van der Waals surface area (Å²) in [4.78, 5) is 4.37. The normalized spacial score (nSPS) is 22.2. The van der Waals surface area contributed by atoms with Gasteiger partial charge in [-0.1, -0.05) is 0 Å². The third-order valence-corrected chi connectivity index (χ3v) is 3.98. The molecule has 1 saturated heterocycles. The number of nitrogens with zero attached hydrogens (tertiary/aromatic N) is 2. The van der Waals surface area contributed by atoms with Gasteiger partial charge < -0.3 is 14.6 Å². The predicted octanol–water partition coefficient (Wildman–Crippen LogP) is 2.01. The first kappa shape index (κ1) is 11.8. The van der Waals surface area contributed by atoms with Gasteiger partial charge in [0.15, 0.2) is 0 Å². The lowest BCUT2D eigenvalue weighted by Crippen LogP contribution is -2.22. The molecule has 2 atom stereocenters. The molecule has 1 aromatic heterocycles. The molecule has 1 fully saturated rings. The van der Waals surface area contributed by atoms with Crippen LogP contribution in [0.25, 0.3) is 0 Å². The van der Waals surface area contributed by atoms with Crippen molar-refractivity contribution in [3.05, 3.63) is 12.4 Å². The molecular weight excluding hydrogens is 222 g/mol. The van der Waals surface area contributed by atoms with Gasteiger partial charge in [0.25, 0.3) is 0 Å². The number of hydrogen-bond acceptors (Lipinski definition) is 4. The molecule has 0 bridgehead atoms. The summed E-state index contributed by atoms with van der Waals surface area (Å²) in [5.41, 5.74) is 0. The molecule has 0 aliphatic carbocycles. The van der Waals surface area contributed by atoms with Gasteiger partial charge in [-0.3, -0.25) is 0 Å². The summed E-state index contributed by atoms with van der Waals surface area (Å²) in [5.74, 6) is 3.41. The lowest BCUT2D eigenvalue weighted by atomic mass is 10.3. The number of ether oxygens (including phenoxy) is 1. The van der Waals surface area contributed by atoms with Crippen molar-refractivity contribution in [3.63, 3.8) is 0 Å². The summed E-state index contributed by atoms with van der Waals surface area (Å²) in [5, 5.41) is 3.50. The average Bonchev–Trinajstić information content (AvgIpc) is 2.90. The minimum atomic E-state index is 0.323. The van der Waals surface area contributed by atoms with Gasteiger partial charge in [-0.15, -0.1) is 0 Å². The van der Waals surface area contributed by atoms with Crippen molar-refractivity contribution in [2.24, 2.45) is 0 Å². The third kappa shape index (κ3) is 2.71. The largest absolute Gasteiger partial charge is 0.383 e. The van der Waals surface area contributed by atoms with E-state index in [1.807, 2.05) is 24.2 Å². The van der Waals surface area contributed by atoms with Crippen molar-refractivity contribution in [1.82, 2.24) is 9.55 Å². The molecule has 0 radical (unpaired) electrons. The zero-order valence-electron chi connectivity index (χ0n) is 9.85. The molecule has 0 amide bonds. The van der Waals surface area contributed by atoms with Crippen LogP contribution in [0, 0.1) is 0 Å². The maximum absolute atomic E-state index is 5.17. The predicted molar refractivity (Wildman–Crippen MR) is 68.2 cm³/mol. The third-order valence-electron chi connectivity index (χ3n) is 2.81. The first-order chi connectivity index (χ1) is 7.81. The van der Waals surface area contributed by atoms with Crippen LogP contribution in [0.2, 0.25) is 0 Å². The second-order valence-electron chi connectivity index (χ2n) is 4.17. The molecule has 5 heteroatoms. The van der Waals surface area contributed by atoms with E-state index < -0.39 is 0 Å². The highest BCUT2D eigenvalue weighted by Gasteiger charge is 2.18. The molecule has 2 unspecified atom stereocenters. The number of anilines is 1. The van der Waals surface area contributed by atoms with Crippen molar-refractivity contribution in [3.8, 4) is 0 Å². The molecule has 1 aliphatic rings. The van der Waals surface area contributed by atoms with Gasteiger partial charge in [-0.2, -0.15) is 11.8 Å². The summed E-state index contributed by atoms with van der Waals surface area (Å²) >= 11 is 2.00. The molecule has 0 aromatic carbocycles. The minimum absolute atomic E-state index is 0.323. The van der Waals surface area contributed by atoms with Crippen LogP contribution in [0.4, 0.5) is 5.95 Å². The second-order valence-corrected chi connectivity index (χ2v) is 5.32. The molecule has 1 aromatic rings. The topological polar surface area (TPSA) is 39.1 Å². The van der Waals surface area contributed by atoms with E-state index in [0.29, 0.717) is 18.7 Å². The highest BCUT2D eigenvalue weighted by Crippen LogP contribution is 2.22. The second kappa shape index (κ2) is 5.59. The molecule has 0 spiro atoms. The Labute approximate surface area is 101 Å². The Balaban J connectivity index is 2.00. The van der Waals surface area contributed by atoms with E-state index in [0.717, 1.165) is 5.95 Å². The first-order valence-electron chi connectivity index (χ1n) is 5.67. The Bertz CT molecular complexity index is 323. The number of rotatable bonds is 5. The quantitative estimate of drug-likeness (QED) is 0.856. The van der Waals surface area contributed by atoms with Crippen LogP contribution in [-0.4, -0.2) is 40.8 Å². The molecule has 1 N–H and O–H groups in total. The molecular formula is C11H19N3OS. The fourth-order valence-electron chi connectivity index (χ4n) is 1.93. The monoisotopic (exact) mass is 241 g/mol. The van der Waals surface area contributed by atoms with Gasteiger partial charge in [0.2, 0.25) is 5.95 Å². The Morgan fingerprint density at radius 2 is 2.62 bits per heavy atom. The standard InChI is InChI=1S/C11H19N3OS/c1-9(7-15-2)14-5-4-12-11(14)13-10-3-6-16-8-10/h4-5,9-10H,3,6-8H2,1-2H3,(H,12,13). The molecule has 0 saturated carbocycles.